The number of hydrogen-bond donors (Lipinski definition) is 0. The van der Waals surface area contributed by atoms with Crippen LogP contribution >= 0.6 is 11.6 Å². The average molecular weight is 565 g/mol. The SMILES string of the molecule is CCCc1cc(Cl)ccc1C1COc2ccc3cc2N(CCCC/C=C/CN(C2CC2)C(=O)CC3C(=O)OC)C1. The molecule has 2 bridgehead atoms. The number of rotatable bonds is 5. The van der Waals surface area contributed by atoms with Gasteiger partial charge in [0.25, 0.3) is 0 Å². The standard InChI is InChI=1S/C33H41ClN2O4/c1-3-9-23-18-26(34)11-14-28(23)25-21-35-16-7-5-4-6-8-17-36(27-12-13-27)32(37)20-29(33(38)39-2)24-10-15-31(40-22-25)30(35)19-24/h6,8,10-11,14-15,18-19,25,27,29H,3-5,7,9,12-13,16-17,20-22H2,1-2H3/b8-6+. The molecule has 2 aromatic carbocycles. The number of anilines is 1. The van der Waals surface area contributed by atoms with Crippen molar-refractivity contribution in [3.8, 4) is 5.75 Å². The summed E-state index contributed by atoms with van der Waals surface area (Å²) in [4.78, 5) is 30.8. The van der Waals surface area contributed by atoms with E-state index in [4.69, 9.17) is 21.1 Å². The molecule has 2 atom stereocenters. The van der Waals surface area contributed by atoms with Gasteiger partial charge in [-0.1, -0.05) is 49.2 Å². The van der Waals surface area contributed by atoms with Crippen LogP contribution in [0.25, 0.3) is 0 Å². The van der Waals surface area contributed by atoms with Crippen LogP contribution in [0.2, 0.25) is 5.02 Å². The number of nitrogens with zero attached hydrogens (tertiary/aromatic N) is 2. The van der Waals surface area contributed by atoms with Gasteiger partial charge in [0.2, 0.25) is 5.91 Å². The van der Waals surface area contributed by atoms with Crippen LogP contribution in [-0.2, 0) is 20.7 Å². The largest absolute Gasteiger partial charge is 0.491 e. The Hall–Kier alpha value is -2.99. The Morgan fingerprint density at radius 3 is 2.75 bits per heavy atom. The molecule has 1 amide bonds. The van der Waals surface area contributed by atoms with Gasteiger partial charge in [-0.3, -0.25) is 9.59 Å². The summed E-state index contributed by atoms with van der Waals surface area (Å²) in [5, 5.41) is 0.764. The molecule has 1 fully saturated rings. The second-order valence-electron chi connectivity index (χ2n) is 11.3. The number of amides is 1. The maximum atomic E-state index is 13.5. The van der Waals surface area contributed by atoms with E-state index < -0.39 is 5.92 Å². The van der Waals surface area contributed by atoms with Crippen molar-refractivity contribution in [1.82, 2.24) is 4.90 Å². The lowest BCUT2D eigenvalue weighted by atomic mass is 9.91. The minimum absolute atomic E-state index is 0.00623. The summed E-state index contributed by atoms with van der Waals surface area (Å²) >= 11 is 6.38. The summed E-state index contributed by atoms with van der Waals surface area (Å²) in [5.74, 6) is -0.0378. The number of fused-ring (bicyclic) bond motifs is 1. The zero-order chi connectivity index (χ0) is 28.1. The molecular formula is C33H41ClN2O4. The minimum atomic E-state index is -0.661. The Morgan fingerprint density at radius 1 is 1.12 bits per heavy atom. The first kappa shape index (κ1) is 28.5. The molecule has 40 heavy (non-hydrogen) atoms. The van der Waals surface area contributed by atoms with Crippen molar-refractivity contribution in [2.24, 2.45) is 0 Å². The number of carbonyl (C=O) groups excluding carboxylic acids is 2. The Morgan fingerprint density at radius 2 is 1.98 bits per heavy atom. The van der Waals surface area contributed by atoms with Gasteiger partial charge in [0.1, 0.15) is 5.75 Å². The number of esters is 1. The van der Waals surface area contributed by atoms with Crippen LogP contribution in [0.1, 0.15) is 80.4 Å². The zero-order valence-corrected chi connectivity index (χ0v) is 24.5. The summed E-state index contributed by atoms with van der Waals surface area (Å²) in [6, 6.07) is 12.5. The third kappa shape index (κ3) is 6.65. The molecule has 2 unspecified atom stereocenters. The van der Waals surface area contributed by atoms with Crippen molar-refractivity contribution in [1.29, 1.82) is 0 Å². The van der Waals surface area contributed by atoms with Gasteiger partial charge in [0.15, 0.2) is 0 Å². The molecule has 0 spiro atoms. The molecule has 6 nitrogen and oxygen atoms in total. The summed E-state index contributed by atoms with van der Waals surface area (Å²) in [7, 11) is 1.40. The summed E-state index contributed by atoms with van der Waals surface area (Å²) in [6.07, 6.45) is 11.6. The molecule has 5 rings (SSSR count). The number of methoxy groups -OCH3 is 1. The molecule has 0 N–H and O–H groups in total. The van der Waals surface area contributed by atoms with Crippen LogP contribution in [0.15, 0.2) is 48.6 Å². The fourth-order valence-corrected chi connectivity index (χ4v) is 6.26. The lowest BCUT2D eigenvalue weighted by molar-refractivity contribution is -0.145. The monoisotopic (exact) mass is 564 g/mol. The van der Waals surface area contributed by atoms with Crippen molar-refractivity contribution in [2.75, 3.05) is 38.3 Å². The summed E-state index contributed by atoms with van der Waals surface area (Å²) in [6.45, 7) is 5.05. The van der Waals surface area contributed by atoms with Gasteiger partial charge < -0.3 is 19.3 Å². The van der Waals surface area contributed by atoms with E-state index in [0.29, 0.717) is 13.2 Å². The molecule has 2 aliphatic heterocycles. The molecular weight excluding hydrogens is 524 g/mol. The lowest BCUT2D eigenvalue weighted by Gasteiger charge is -2.28. The third-order valence-corrected chi connectivity index (χ3v) is 8.60. The highest BCUT2D eigenvalue weighted by molar-refractivity contribution is 6.30. The smallest absolute Gasteiger partial charge is 0.313 e. The predicted octanol–water partition coefficient (Wildman–Crippen LogP) is 6.65. The predicted molar refractivity (Wildman–Crippen MR) is 159 cm³/mol. The number of halogens is 1. The number of benzene rings is 2. The highest BCUT2D eigenvalue weighted by atomic mass is 35.5. The highest BCUT2D eigenvalue weighted by Gasteiger charge is 2.35. The summed E-state index contributed by atoms with van der Waals surface area (Å²) in [5.41, 5.74) is 4.35. The second-order valence-corrected chi connectivity index (χ2v) is 11.7. The van der Waals surface area contributed by atoms with Crippen LogP contribution in [0.3, 0.4) is 0 Å². The first-order valence-electron chi connectivity index (χ1n) is 14.8. The van der Waals surface area contributed by atoms with Gasteiger partial charge in [-0.2, -0.15) is 0 Å². The van der Waals surface area contributed by atoms with E-state index in [1.807, 2.05) is 23.1 Å². The van der Waals surface area contributed by atoms with Gasteiger partial charge in [-0.25, -0.2) is 0 Å². The topological polar surface area (TPSA) is 59.1 Å². The van der Waals surface area contributed by atoms with E-state index in [1.54, 1.807) is 0 Å². The van der Waals surface area contributed by atoms with E-state index in [1.165, 1.54) is 18.2 Å². The van der Waals surface area contributed by atoms with Crippen LogP contribution in [0.4, 0.5) is 5.69 Å². The normalized spacial score (nSPS) is 22.9. The number of allylic oxidation sites excluding steroid dienone is 1. The zero-order valence-electron chi connectivity index (χ0n) is 23.7. The van der Waals surface area contributed by atoms with Crippen LogP contribution in [0.5, 0.6) is 5.75 Å². The maximum Gasteiger partial charge on any atom is 0.313 e. The van der Waals surface area contributed by atoms with E-state index in [0.717, 1.165) is 80.1 Å². The van der Waals surface area contributed by atoms with Crippen LogP contribution in [-0.4, -0.2) is 56.2 Å². The summed E-state index contributed by atoms with van der Waals surface area (Å²) < 4.78 is 11.6. The Kier molecular flexibility index (Phi) is 9.36. The van der Waals surface area contributed by atoms with E-state index >= 15 is 0 Å². The van der Waals surface area contributed by atoms with Gasteiger partial charge >= 0.3 is 5.97 Å². The van der Waals surface area contributed by atoms with E-state index in [-0.39, 0.29) is 30.3 Å². The molecule has 1 saturated carbocycles. The van der Waals surface area contributed by atoms with Crippen molar-refractivity contribution < 1.29 is 19.1 Å². The molecule has 0 radical (unpaired) electrons. The Balaban J connectivity index is 1.50. The third-order valence-electron chi connectivity index (χ3n) is 8.36. The van der Waals surface area contributed by atoms with Crippen LogP contribution in [0, 0.1) is 0 Å². The first-order chi connectivity index (χ1) is 19.5. The van der Waals surface area contributed by atoms with Crippen LogP contribution < -0.4 is 9.64 Å². The molecule has 2 heterocycles. The molecule has 2 aromatic rings. The quantitative estimate of drug-likeness (QED) is 0.300. The number of hydrogen-bond acceptors (Lipinski definition) is 5. The lowest BCUT2D eigenvalue weighted by Crippen LogP contribution is -2.35. The fourth-order valence-electron chi connectivity index (χ4n) is 6.07. The first-order valence-corrected chi connectivity index (χ1v) is 15.2. The fraction of sp³-hybridized carbons (Fsp3) is 0.515. The minimum Gasteiger partial charge on any atom is -0.491 e. The number of carbonyl (C=O) groups is 2. The molecule has 7 heteroatoms. The van der Waals surface area contributed by atoms with Gasteiger partial charge in [0, 0.05) is 43.0 Å². The van der Waals surface area contributed by atoms with Gasteiger partial charge in [0.05, 0.1) is 25.3 Å². The molecule has 214 valence electrons. The highest BCUT2D eigenvalue weighted by Crippen LogP contribution is 2.39. The van der Waals surface area contributed by atoms with Gasteiger partial charge in [-0.05, 0) is 79.5 Å². The van der Waals surface area contributed by atoms with Gasteiger partial charge in [-0.15, -0.1) is 0 Å². The van der Waals surface area contributed by atoms with E-state index in [9.17, 15) is 9.59 Å². The van der Waals surface area contributed by atoms with Crippen molar-refractivity contribution in [3.05, 3.63) is 70.3 Å². The Bertz CT molecular complexity index is 1240. The van der Waals surface area contributed by atoms with Crippen molar-refractivity contribution in [2.45, 2.75) is 76.2 Å². The molecule has 0 aromatic heterocycles. The maximum absolute atomic E-state index is 13.5. The Labute approximate surface area is 243 Å². The second kappa shape index (κ2) is 13.1. The van der Waals surface area contributed by atoms with Crippen molar-refractivity contribution in [3.63, 3.8) is 0 Å². The molecule has 3 aliphatic rings. The van der Waals surface area contributed by atoms with Crippen molar-refractivity contribution >= 4 is 29.2 Å². The average Bonchev–Trinajstić information content (AvgIpc) is 3.80. The van der Waals surface area contributed by atoms with E-state index in [2.05, 4.69) is 42.2 Å². The number of ether oxygens (including phenoxy) is 2. The number of aryl methyl sites for hydroxylation is 1. The molecule has 0 saturated heterocycles. The molecule has 1 aliphatic carbocycles.